The number of ether oxygens (including phenoxy) is 1. The zero-order valence-electron chi connectivity index (χ0n) is 25.7. The van der Waals surface area contributed by atoms with Crippen molar-refractivity contribution < 1.29 is 13.5 Å². The lowest BCUT2D eigenvalue weighted by Crippen LogP contribution is -2.31. The molecule has 0 spiro atoms. The molecule has 0 saturated heterocycles. The van der Waals surface area contributed by atoms with E-state index in [0.29, 0.717) is 24.7 Å². The van der Waals surface area contributed by atoms with E-state index in [4.69, 9.17) is 19.8 Å². The van der Waals surface area contributed by atoms with E-state index in [1.807, 2.05) is 49.5 Å². The third kappa shape index (κ3) is 5.91. The molecule has 7 rings (SSSR count). The Kier molecular flexibility index (Phi) is 8.11. The minimum atomic E-state index is -0.688. The van der Waals surface area contributed by atoms with Crippen LogP contribution >= 0.6 is 0 Å². The van der Waals surface area contributed by atoms with E-state index in [-0.39, 0.29) is 17.9 Å². The Bertz CT molecular complexity index is 2010. The number of para-hydroxylation sites is 1. The van der Waals surface area contributed by atoms with Crippen molar-refractivity contribution >= 4 is 22.4 Å². The predicted molar refractivity (Wildman–Crippen MR) is 174 cm³/mol. The van der Waals surface area contributed by atoms with Crippen LogP contribution in [-0.2, 0) is 26.1 Å². The highest BCUT2D eigenvalue weighted by Crippen LogP contribution is 2.33. The Balaban J connectivity index is 1.31. The first kappa shape index (κ1) is 29.5. The van der Waals surface area contributed by atoms with Crippen molar-refractivity contribution in [2.24, 2.45) is 0 Å². The second-order valence-corrected chi connectivity index (χ2v) is 11.4. The van der Waals surface area contributed by atoms with Crippen LogP contribution in [0.15, 0.2) is 85.2 Å². The van der Waals surface area contributed by atoms with Crippen molar-refractivity contribution in [1.29, 1.82) is 0 Å². The van der Waals surface area contributed by atoms with Crippen LogP contribution in [0.3, 0.4) is 0 Å². The van der Waals surface area contributed by atoms with Crippen LogP contribution in [0.5, 0.6) is 5.75 Å². The summed E-state index contributed by atoms with van der Waals surface area (Å²) < 4.78 is 37.2. The third-order valence-electron chi connectivity index (χ3n) is 8.27. The molecule has 3 aromatic carbocycles. The van der Waals surface area contributed by atoms with Crippen LogP contribution in [0.4, 0.5) is 20.3 Å². The average Bonchev–Trinajstić information content (AvgIpc) is 3.43. The maximum absolute atomic E-state index is 15.1. The zero-order chi connectivity index (χ0) is 31.6. The van der Waals surface area contributed by atoms with Gasteiger partial charge in [0.05, 0.1) is 24.4 Å². The maximum atomic E-state index is 15.1. The summed E-state index contributed by atoms with van der Waals surface area (Å²) in [5.74, 6) is -0.0619. The molecule has 0 atom stereocenters. The van der Waals surface area contributed by atoms with E-state index in [0.717, 1.165) is 58.7 Å². The maximum Gasteiger partial charge on any atom is 0.183 e. The molecular weight excluding hydrogens is 584 g/mol. The first-order valence-corrected chi connectivity index (χ1v) is 15.4. The molecule has 1 aliphatic heterocycles. The van der Waals surface area contributed by atoms with E-state index < -0.39 is 11.6 Å². The van der Waals surface area contributed by atoms with Crippen LogP contribution in [0, 0.1) is 18.6 Å². The van der Waals surface area contributed by atoms with Gasteiger partial charge in [-0.1, -0.05) is 48.5 Å². The van der Waals surface area contributed by atoms with Gasteiger partial charge in [0.2, 0.25) is 0 Å². The van der Waals surface area contributed by atoms with Crippen LogP contribution in [0.25, 0.3) is 22.4 Å². The number of hydrogen-bond donors (Lipinski definition) is 1. The number of aromatic nitrogens is 5. The van der Waals surface area contributed by atoms with Gasteiger partial charge in [-0.25, -0.2) is 18.7 Å². The normalized spacial score (nSPS) is 13.1. The fraction of sp³-hybridized carbons (Fsp3) is 0.222. The SMILES string of the molecule is CCOc1cc(F)c(Cn2nc(-c3nc4c(c(Nc5ccncc5C)n3)CCN(Cc3ccccc3)C4)c3ccccc32)c(F)c1. The minimum absolute atomic E-state index is 0.0957. The number of nitrogens with one attached hydrogen (secondary N) is 1. The lowest BCUT2D eigenvalue weighted by atomic mass is 10.0. The number of aryl methyl sites for hydroxylation is 1. The van der Waals surface area contributed by atoms with Gasteiger partial charge in [0, 0.05) is 66.4 Å². The first-order valence-electron chi connectivity index (χ1n) is 15.4. The summed E-state index contributed by atoms with van der Waals surface area (Å²) in [4.78, 5) is 16.7. The Morgan fingerprint density at radius 3 is 2.50 bits per heavy atom. The van der Waals surface area contributed by atoms with E-state index in [1.54, 1.807) is 17.8 Å². The number of rotatable bonds is 9. The quantitative estimate of drug-likeness (QED) is 0.183. The summed E-state index contributed by atoms with van der Waals surface area (Å²) in [6.07, 6.45) is 4.34. The highest BCUT2D eigenvalue weighted by Gasteiger charge is 2.26. The van der Waals surface area contributed by atoms with Crippen molar-refractivity contribution in [1.82, 2.24) is 29.6 Å². The third-order valence-corrected chi connectivity index (χ3v) is 8.27. The number of fused-ring (bicyclic) bond motifs is 2. The van der Waals surface area contributed by atoms with Crippen molar-refractivity contribution in [2.75, 3.05) is 18.5 Å². The van der Waals surface area contributed by atoms with Crippen molar-refractivity contribution in [2.45, 2.75) is 39.9 Å². The smallest absolute Gasteiger partial charge is 0.183 e. The number of pyridine rings is 1. The van der Waals surface area contributed by atoms with Crippen LogP contribution in [0.1, 0.15) is 34.9 Å². The Hall–Kier alpha value is -5.22. The molecule has 1 aliphatic rings. The summed E-state index contributed by atoms with van der Waals surface area (Å²) in [6, 6.07) is 22.4. The molecule has 0 radical (unpaired) electrons. The molecule has 10 heteroatoms. The molecule has 232 valence electrons. The Morgan fingerprint density at radius 1 is 0.935 bits per heavy atom. The summed E-state index contributed by atoms with van der Waals surface area (Å²) in [7, 11) is 0. The average molecular weight is 618 g/mol. The van der Waals surface area contributed by atoms with Gasteiger partial charge in [0.15, 0.2) is 5.82 Å². The van der Waals surface area contributed by atoms with Gasteiger partial charge in [-0.05, 0) is 43.5 Å². The van der Waals surface area contributed by atoms with E-state index in [9.17, 15) is 0 Å². The molecule has 0 amide bonds. The molecular formula is C36H33F2N7O. The Morgan fingerprint density at radius 2 is 1.72 bits per heavy atom. The van der Waals surface area contributed by atoms with Crippen molar-refractivity contribution in [3.05, 3.63) is 125 Å². The number of benzene rings is 3. The fourth-order valence-corrected chi connectivity index (χ4v) is 5.96. The largest absolute Gasteiger partial charge is 0.494 e. The molecule has 3 aromatic heterocycles. The number of halogens is 2. The second-order valence-electron chi connectivity index (χ2n) is 11.4. The van der Waals surface area contributed by atoms with Crippen molar-refractivity contribution in [3.8, 4) is 17.3 Å². The lowest BCUT2D eigenvalue weighted by molar-refractivity contribution is 0.241. The molecule has 0 bridgehead atoms. The summed E-state index contributed by atoms with van der Waals surface area (Å²) >= 11 is 0. The highest BCUT2D eigenvalue weighted by atomic mass is 19.1. The molecule has 0 fully saturated rings. The molecule has 0 unspecified atom stereocenters. The molecule has 6 aromatic rings. The molecule has 4 heterocycles. The zero-order valence-corrected chi connectivity index (χ0v) is 25.7. The van der Waals surface area contributed by atoms with Crippen LogP contribution in [-0.4, -0.2) is 42.8 Å². The van der Waals surface area contributed by atoms with Gasteiger partial charge < -0.3 is 10.1 Å². The molecule has 1 N–H and O–H groups in total. The fourth-order valence-electron chi connectivity index (χ4n) is 5.96. The topological polar surface area (TPSA) is 81.0 Å². The summed E-state index contributed by atoms with van der Waals surface area (Å²) in [5.41, 5.74) is 6.29. The van der Waals surface area contributed by atoms with E-state index in [2.05, 4.69) is 39.5 Å². The lowest BCUT2D eigenvalue weighted by Gasteiger charge is -2.29. The highest BCUT2D eigenvalue weighted by molar-refractivity contribution is 5.92. The van der Waals surface area contributed by atoms with Gasteiger partial charge in [-0.3, -0.25) is 14.6 Å². The molecule has 0 aliphatic carbocycles. The van der Waals surface area contributed by atoms with Gasteiger partial charge in [0.1, 0.15) is 28.9 Å². The van der Waals surface area contributed by atoms with E-state index >= 15 is 8.78 Å². The molecule has 46 heavy (non-hydrogen) atoms. The van der Waals surface area contributed by atoms with Gasteiger partial charge in [-0.2, -0.15) is 5.10 Å². The number of hydrogen-bond acceptors (Lipinski definition) is 7. The second kappa shape index (κ2) is 12.6. The summed E-state index contributed by atoms with van der Waals surface area (Å²) in [6.45, 7) is 6.29. The van der Waals surface area contributed by atoms with Crippen molar-refractivity contribution in [3.63, 3.8) is 0 Å². The van der Waals surface area contributed by atoms with Gasteiger partial charge >= 0.3 is 0 Å². The predicted octanol–water partition coefficient (Wildman–Crippen LogP) is 7.22. The molecule has 0 saturated carbocycles. The standard InChI is InChI=1S/C36H33F2N7O/c1-3-46-25-17-29(37)28(30(38)18-25)21-45-33-12-8-7-11-27(33)34(43-45)36-41-32-22-44(20-24-9-5-4-6-10-24)16-14-26(32)35(42-36)40-31-13-15-39-19-23(31)2/h4-13,15,17-19H,3,14,16,20-22H2,1-2H3,(H,39,40,41,42). The monoisotopic (exact) mass is 617 g/mol. The van der Waals surface area contributed by atoms with Crippen LogP contribution in [0.2, 0.25) is 0 Å². The van der Waals surface area contributed by atoms with Gasteiger partial charge in [-0.15, -0.1) is 0 Å². The van der Waals surface area contributed by atoms with Crippen LogP contribution < -0.4 is 10.1 Å². The van der Waals surface area contributed by atoms with Gasteiger partial charge in [0.25, 0.3) is 0 Å². The number of nitrogens with zero attached hydrogens (tertiary/aromatic N) is 6. The Labute approximate surface area is 265 Å². The van der Waals surface area contributed by atoms with E-state index in [1.165, 1.54) is 17.7 Å². The summed E-state index contributed by atoms with van der Waals surface area (Å²) in [5, 5.41) is 9.21. The number of anilines is 2. The molecule has 8 nitrogen and oxygen atoms in total. The first-order chi connectivity index (χ1) is 22.5. The minimum Gasteiger partial charge on any atom is -0.494 e.